The molecule has 2 rings (SSSR count). The van der Waals surface area contributed by atoms with Crippen LogP contribution in [0.1, 0.15) is 44.6 Å². The zero-order chi connectivity index (χ0) is 15.1. The Morgan fingerprint density at radius 1 is 1.24 bits per heavy atom. The topological polar surface area (TPSA) is 50.9 Å². The summed E-state index contributed by atoms with van der Waals surface area (Å²) in [6.45, 7) is 2.35. The minimum absolute atomic E-state index is 0.208. The van der Waals surface area contributed by atoms with Gasteiger partial charge < -0.3 is 5.11 Å². The first-order chi connectivity index (χ1) is 10.2. The lowest BCUT2D eigenvalue weighted by atomic mass is 9.87. The van der Waals surface area contributed by atoms with Crippen molar-refractivity contribution in [2.24, 2.45) is 0 Å². The first-order valence-electron chi connectivity index (χ1n) is 7.45. The van der Waals surface area contributed by atoms with Gasteiger partial charge in [-0.05, 0) is 12.5 Å². The maximum absolute atomic E-state index is 14.1. The fourth-order valence-corrected chi connectivity index (χ4v) is 2.56. The molecule has 4 nitrogen and oxygen atoms in total. The molecule has 1 unspecified atom stereocenters. The average Bonchev–Trinajstić information content (AvgIpc) is 2.97. The van der Waals surface area contributed by atoms with Gasteiger partial charge in [0, 0.05) is 5.56 Å². The monoisotopic (exact) mass is 291 g/mol. The van der Waals surface area contributed by atoms with Gasteiger partial charge in [-0.15, -0.1) is 0 Å². The molecule has 0 saturated heterocycles. The van der Waals surface area contributed by atoms with E-state index in [4.69, 9.17) is 0 Å². The van der Waals surface area contributed by atoms with Gasteiger partial charge in [-0.25, -0.2) is 14.1 Å². The molecular formula is C16H22FN3O. The van der Waals surface area contributed by atoms with Crippen LogP contribution in [0.15, 0.2) is 36.9 Å². The predicted molar refractivity (Wildman–Crippen MR) is 79.1 cm³/mol. The van der Waals surface area contributed by atoms with Crippen LogP contribution in [0.2, 0.25) is 0 Å². The Morgan fingerprint density at radius 3 is 2.71 bits per heavy atom. The SMILES string of the molecule is CCCCCCC(O)(Cn1cncn1)c1ccccc1F. The molecule has 1 atom stereocenters. The van der Waals surface area contributed by atoms with Crippen LogP contribution in [0.4, 0.5) is 4.39 Å². The minimum Gasteiger partial charge on any atom is -0.383 e. The highest BCUT2D eigenvalue weighted by atomic mass is 19.1. The highest BCUT2D eigenvalue weighted by Crippen LogP contribution is 2.31. The number of hydrogen-bond acceptors (Lipinski definition) is 3. The zero-order valence-electron chi connectivity index (χ0n) is 12.4. The van der Waals surface area contributed by atoms with Crippen molar-refractivity contribution in [2.75, 3.05) is 0 Å². The van der Waals surface area contributed by atoms with Gasteiger partial charge in [-0.2, -0.15) is 5.10 Å². The maximum Gasteiger partial charge on any atom is 0.137 e. The lowest BCUT2D eigenvalue weighted by Gasteiger charge is -2.29. The van der Waals surface area contributed by atoms with E-state index in [0.29, 0.717) is 12.0 Å². The van der Waals surface area contributed by atoms with E-state index in [1.54, 1.807) is 22.9 Å². The third-order valence-corrected chi connectivity index (χ3v) is 3.71. The second-order valence-corrected chi connectivity index (χ2v) is 5.42. The molecule has 1 N–H and O–H groups in total. The summed E-state index contributed by atoms with van der Waals surface area (Å²) in [4.78, 5) is 3.88. The average molecular weight is 291 g/mol. The largest absolute Gasteiger partial charge is 0.383 e. The molecule has 5 heteroatoms. The van der Waals surface area contributed by atoms with Crippen molar-refractivity contribution in [3.8, 4) is 0 Å². The molecular weight excluding hydrogens is 269 g/mol. The van der Waals surface area contributed by atoms with Crippen molar-refractivity contribution < 1.29 is 9.50 Å². The van der Waals surface area contributed by atoms with Gasteiger partial charge in [0.1, 0.15) is 24.1 Å². The van der Waals surface area contributed by atoms with Crippen molar-refractivity contribution >= 4 is 0 Å². The smallest absolute Gasteiger partial charge is 0.137 e. The van der Waals surface area contributed by atoms with Crippen molar-refractivity contribution in [1.82, 2.24) is 14.8 Å². The summed E-state index contributed by atoms with van der Waals surface area (Å²) >= 11 is 0. The first-order valence-corrected chi connectivity index (χ1v) is 7.45. The van der Waals surface area contributed by atoms with Crippen LogP contribution in [0.3, 0.4) is 0 Å². The van der Waals surface area contributed by atoms with E-state index in [1.807, 2.05) is 0 Å². The Morgan fingerprint density at radius 2 is 2.05 bits per heavy atom. The molecule has 0 radical (unpaired) electrons. The number of halogens is 1. The Hall–Kier alpha value is -1.75. The van der Waals surface area contributed by atoms with Gasteiger partial charge >= 0.3 is 0 Å². The number of benzene rings is 1. The van der Waals surface area contributed by atoms with Crippen LogP contribution >= 0.6 is 0 Å². The molecule has 1 heterocycles. The molecule has 0 amide bonds. The molecule has 21 heavy (non-hydrogen) atoms. The van der Waals surface area contributed by atoms with Gasteiger partial charge in [0.25, 0.3) is 0 Å². The zero-order valence-corrected chi connectivity index (χ0v) is 12.4. The molecule has 1 aromatic heterocycles. The second kappa shape index (κ2) is 7.31. The Balaban J connectivity index is 2.18. The van der Waals surface area contributed by atoms with Crippen LogP contribution in [0.25, 0.3) is 0 Å². The Kier molecular flexibility index (Phi) is 5.44. The minimum atomic E-state index is -1.26. The molecule has 0 aliphatic rings. The van der Waals surface area contributed by atoms with Crippen molar-refractivity contribution in [1.29, 1.82) is 0 Å². The van der Waals surface area contributed by atoms with Gasteiger partial charge in [-0.3, -0.25) is 0 Å². The van der Waals surface area contributed by atoms with Crippen LogP contribution < -0.4 is 0 Å². The summed E-state index contributed by atoms with van der Waals surface area (Å²) < 4.78 is 15.6. The number of rotatable bonds is 8. The Bertz CT molecular complexity index is 544. The third kappa shape index (κ3) is 4.11. The number of nitrogens with zero attached hydrogens (tertiary/aromatic N) is 3. The van der Waals surface area contributed by atoms with E-state index in [0.717, 1.165) is 25.7 Å². The quantitative estimate of drug-likeness (QED) is 0.759. The summed E-state index contributed by atoms with van der Waals surface area (Å²) in [7, 11) is 0. The van der Waals surface area contributed by atoms with Crippen molar-refractivity contribution in [2.45, 2.75) is 51.2 Å². The molecule has 0 spiro atoms. The van der Waals surface area contributed by atoms with Crippen LogP contribution in [0, 0.1) is 5.82 Å². The van der Waals surface area contributed by atoms with E-state index >= 15 is 0 Å². The molecule has 0 fully saturated rings. The molecule has 2 aromatic rings. The molecule has 114 valence electrons. The highest BCUT2D eigenvalue weighted by Gasteiger charge is 2.32. The number of aliphatic hydroxyl groups is 1. The lowest BCUT2D eigenvalue weighted by molar-refractivity contribution is 0.000609. The van der Waals surface area contributed by atoms with Crippen LogP contribution in [-0.2, 0) is 12.1 Å². The number of aromatic nitrogens is 3. The summed E-state index contributed by atoms with van der Waals surface area (Å²) in [5.74, 6) is -0.379. The molecule has 0 aliphatic heterocycles. The fourth-order valence-electron chi connectivity index (χ4n) is 2.56. The summed E-state index contributed by atoms with van der Waals surface area (Å²) in [5.41, 5.74) is -0.927. The normalized spacial score (nSPS) is 14.0. The van der Waals surface area contributed by atoms with Gasteiger partial charge in [0.15, 0.2) is 0 Å². The van der Waals surface area contributed by atoms with Crippen LogP contribution in [0.5, 0.6) is 0 Å². The summed E-state index contributed by atoms with van der Waals surface area (Å²) in [6.07, 6.45) is 7.60. The first kappa shape index (κ1) is 15.6. The fraction of sp³-hybridized carbons (Fsp3) is 0.500. The van der Waals surface area contributed by atoms with Crippen molar-refractivity contribution in [3.05, 3.63) is 48.3 Å². The van der Waals surface area contributed by atoms with Crippen LogP contribution in [-0.4, -0.2) is 19.9 Å². The standard InChI is InChI=1S/C16H22FN3O/c1-2-3-4-7-10-16(21,11-20-13-18-12-19-20)14-8-5-6-9-15(14)17/h5-6,8-9,12-13,21H,2-4,7,10-11H2,1H3. The maximum atomic E-state index is 14.1. The van der Waals surface area contributed by atoms with E-state index in [-0.39, 0.29) is 12.4 Å². The van der Waals surface area contributed by atoms with Gasteiger partial charge in [0.2, 0.25) is 0 Å². The second-order valence-electron chi connectivity index (χ2n) is 5.42. The lowest BCUT2D eigenvalue weighted by Crippen LogP contribution is -2.33. The summed E-state index contributed by atoms with van der Waals surface area (Å²) in [5, 5.41) is 15.0. The van der Waals surface area contributed by atoms with E-state index in [2.05, 4.69) is 17.0 Å². The molecule has 0 bridgehead atoms. The predicted octanol–water partition coefficient (Wildman–Crippen LogP) is 3.28. The Labute approximate surface area is 124 Å². The third-order valence-electron chi connectivity index (χ3n) is 3.71. The van der Waals surface area contributed by atoms with E-state index < -0.39 is 5.60 Å². The molecule has 1 aromatic carbocycles. The molecule has 0 saturated carbocycles. The van der Waals surface area contributed by atoms with E-state index in [1.165, 1.54) is 18.7 Å². The number of unbranched alkanes of at least 4 members (excludes halogenated alkanes) is 3. The van der Waals surface area contributed by atoms with Gasteiger partial charge in [-0.1, -0.05) is 50.8 Å². The highest BCUT2D eigenvalue weighted by molar-refractivity contribution is 5.24. The van der Waals surface area contributed by atoms with Crippen molar-refractivity contribution in [3.63, 3.8) is 0 Å². The van der Waals surface area contributed by atoms with E-state index in [9.17, 15) is 9.50 Å². The summed E-state index contributed by atoms with van der Waals surface area (Å²) in [6, 6.07) is 6.41. The van der Waals surface area contributed by atoms with Gasteiger partial charge in [0.05, 0.1) is 6.54 Å². The number of hydrogen-bond donors (Lipinski definition) is 1. The molecule has 0 aliphatic carbocycles.